The first-order valence-corrected chi connectivity index (χ1v) is 3.38. The maximum absolute atomic E-state index is 12.2. The molecule has 1 rings (SSSR count). The van der Waals surface area contributed by atoms with E-state index in [0.29, 0.717) is 0 Å². The summed E-state index contributed by atoms with van der Waals surface area (Å²) in [4.78, 5) is 10.1. The van der Waals surface area contributed by atoms with Gasteiger partial charge in [0.2, 0.25) is 5.92 Å². The number of aldehydes is 1. The molecular formula is C7H10F2O. The predicted molar refractivity (Wildman–Crippen MR) is 32.9 cm³/mol. The molecule has 1 fully saturated rings. The van der Waals surface area contributed by atoms with E-state index in [1.165, 1.54) is 0 Å². The molecule has 0 aliphatic heterocycles. The number of hydrogen-bond donors (Lipinski definition) is 0. The Morgan fingerprint density at radius 2 is 2.10 bits per heavy atom. The first kappa shape index (κ1) is 7.63. The van der Waals surface area contributed by atoms with Crippen LogP contribution < -0.4 is 0 Å². The van der Waals surface area contributed by atoms with Crippen molar-refractivity contribution in [2.45, 2.75) is 25.7 Å². The lowest BCUT2D eigenvalue weighted by atomic mass is 9.74. The first-order valence-electron chi connectivity index (χ1n) is 3.38. The Morgan fingerprint density at radius 3 is 2.40 bits per heavy atom. The van der Waals surface area contributed by atoms with Crippen LogP contribution in [0.3, 0.4) is 0 Å². The summed E-state index contributed by atoms with van der Waals surface area (Å²) in [5.41, 5.74) is 0. The summed E-state index contributed by atoms with van der Waals surface area (Å²) in [5, 5.41) is 0. The minimum absolute atomic E-state index is 0.0764. The van der Waals surface area contributed by atoms with E-state index in [2.05, 4.69) is 0 Å². The summed E-state index contributed by atoms with van der Waals surface area (Å²) in [6.07, 6.45) is 0.541. The normalized spacial score (nSPS) is 27.1. The van der Waals surface area contributed by atoms with Crippen LogP contribution in [0.4, 0.5) is 8.78 Å². The number of hydrogen-bond acceptors (Lipinski definition) is 1. The minimum Gasteiger partial charge on any atom is -0.303 e. The molecule has 0 bridgehead atoms. The number of halogens is 2. The molecule has 1 saturated carbocycles. The lowest BCUT2D eigenvalue weighted by Crippen LogP contribution is -2.39. The van der Waals surface area contributed by atoms with Gasteiger partial charge in [0.05, 0.1) is 0 Å². The fraction of sp³-hybridized carbons (Fsp3) is 0.857. The molecule has 0 N–H and O–H groups in total. The molecular weight excluding hydrogens is 138 g/mol. The molecule has 0 amide bonds. The number of carbonyl (C=O) groups excluding carboxylic acids is 1. The fourth-order valence-electron chi connectivity index (χ4n) is 1.19. The third-order valence-corrected chi connectivity index (χ3v) is 2.08. The van der Waals surface area contributed by atoms with E-state index >= 15 is 0 Å². The monoisotopic (exact) mass is 148 g/mol. The van der Waals surface area contributed by atoms with E-state index in [9.17, 15) is 13.6 Å². The number of rotatable bonds is 2. The van der Waals surface area contributed by atoms with E-state index in [0.717, 1.165) is 6.29 Å². The third kappa shape index (κ3) is 1.33. The smallest absolute Gasteiger partial charge is 0.248 e. The molecule has 58 valence electrons. The van der Waals surface area contributed by atoms with E-state index in [1.54, 1.807) is 6.92 Å². The molecule has 0 radical (unpaired) electrons. The summed E-state index contributed by atoms with van der Waals surface area (Å²) in [5.74, 6) is -2.76. The molecule has 1 unspecified atom stereocenters. The maximum atomic E-state index is 12.2. The van der Waals surface area contributed by atoms with Crippen molar-refractivity contribution in [1.82, 2.24) is 0 Å². The quantitative estimate of drug-likeness (QED) is 0.546. The van der Waals surface area contributed by atoms with Crippen molar-refractivity contribution >= 4 is 6.29 Å². The van der Waals surface area contributed by atoms with Crippen LogP contribution in [0.2, 0.25) is 0 Å². The Labute approximate surface area is 58.4 Å². The Balaban J connectivity index is 2.32. The van der Waals surface area contributed by atoms with Gasteiger partial charge in [-0.25, -0.2) is 8.78 Å². The Bertz CT molecular complexity index is 137. The summed E-state index contributed by atoms with van der Waals surface area (Å²) in [6.45, 7) is 1.69. The highest BCUT2D eigenvalue weighted by molar-refractivity contribution is 5.53. The zero-order valence-corrected chi connectivity index (χ0v) is 5.81. The van der Waals surface area contributed by atoms with Crippen molar-refractivity contribution in [3.63, 3.8) is 0 Å². The van der Waals surface area contributed by atoms with Crippen molar-refractivity contribution in [1.29, 1.82) is 0 Å². The van der Waals surface area contributed by atoms with Gasteiger partial charge in [-0.1, -0.05) is 6.92 Å². The van der Waals surface area contributed by atoms with Crippen LogP contribution in [0, 0.1) is 11.8 Å². The minimum atomic E-state index is -2.48. The van der Waals surface area contributed by atoms with Crippen molar-refractivity contribution in [3.8, 4) is 0 Å². The molecule has 1 nitrogen and oxygen atoms in total. The number of carbonyl (C=O) groups is 1. The SMILES string of the molecule is CC(C=O)C1CC(F)(F)C1. The van der Waals surface area contributed by atoms with Gasteiger partial charge >= 0.3 is 0 Å². The van der Waals surface area contributed by atoms with Gasteiger partial charge in [0.15, 0.2) is 0 Å². The Morgan fingerprint density at radius 1 is 1.60 bits per heavy atom. The van der Waals surface area contributed by atoms with Gasteiger partial charge in [-0.05, 0) is 5.92 Å². The fourth-order valence-corrected chi connectivity index (χ4v) is 1.19. The highest BCUT2D eigenvalue weighted by Crippen LogP contribution is 2.45. The third-order valence-electron chi connectivity index (χ3n) is 2.08. The predicted octanol–water partition coefficient (Wildman–Crippen LogP) is 1.87. The van der Waals surface area contributed by atoms with Gasteiger partial charge in [0.25, 0.3) is 0 Å². The van der Waals surface area contributed by atoms with Gasteiger partial charge in [0.1, 0.15) is 6.29 Å². The van der Waals surface area contributed by atoms with Crippen LogP contribution in [0.5, 0.6) is 0 Å². The number of alkyl halides is 2. The standard InChI is InChI=1S/C7H10F2O/c1-5(4-10)6-2-7(8,9)3-6/h4-6H,2-3H2,1H3. The molecule has 3 heteroatoms. The molecule has 0 aromatic carbocycles. The lowest BCUT2D eigenvalue weighted by Gasteiger charge is -2.36. The van der Waals surface area contributed by atoms with Crippen LogP contribution >= 0.6 is 0 Å². The summed E-state index contributed by atoms with van der Waals surface area (Å²) < 4.78 is 24.3. The molecule has 10 heavy (non-hydrogen) atoms. The highest BCUT2D eigenvalue weighted by atomic mass is 19.3. The topological polar surface area (TPSA) is 17.1 Å². The van der Waals surface area contributed by atoms with Gasteiger partial charge in [0, 0.05) is 18.8 Å². The second-order valence-corrected chi connectivity index (χ2v) is 3.02. The molecule has 0 saturated heterocycles. The van der Waals surface area contributed by atoms with Gasteiger partial charge in [-0.3, -0.25) is 0 Å². The second-order valence-electron chi connectivity index (χ2n) is 3.02. The molecule has 0 aromatic heterocycles. The van der Waals surface area contributed by atoms with E-state index in [1.807, 2.05) is 0 Å². The molecule has 0 heterocycles. The van der Waals surface area contributed by atoms with Gasteiger partial charge in [-0.2, -0.15) is 0 Å². The zero-order valence-electron chi connectivity index (χ0n) is 5.81. The van der Waals surface area contributed by atoms with E-state index in [4.69, 9.17) is 0 Å². The maximum Gasteiger partial charge on any atom is 0.248 e. The second kappa shape index (κ2) is 2.29. The van der Waals surface area contributed by atoms with E-state index in [-0.39, 0.29) is 24.7 Å². The highest BCUT2D eigenvalue weighted by Gasteiger charge is 2.47. The Kier molecular flexibility index (Phi) is 1.75. The van der Waals surface area contributed by atoms with Crippen molar-refractivity contribution in [2.75, 3.05) is 0 Å². The van der Waals surface area contributed by atoms with Crippen molar-refractivity contribution in [2.24, 2.45) is 11.8 Å². The average molecular weight is 148 g/mol. The average Bonchev–Trinajstić information content (AvgIpc) is 1.81. The van der Waals surface area contributed by atoms with Crippen LogP contribution in [0.25, 0.3) is 0 Å². The van der Waals surface area contributed by atoms with Crippen molar-refractivity contribution in [3.05, 3.63) is 0 Å². The van der Waals surface area contributed by atoms with Crippen LogP contribution in [0.1, 0.15) is 19.8 Å². The Hall–Kier alpha value is -0.470. The molecule has 0 aromatic rings. The van der Waals surface area contributed by atoms with Crippen LogP contribution in [0.15, 0.2) is 0 Å². The first-order chi connectivity index (χ1) is 4.55. The molecule has 1 atom stereocenters. The molecule has 1 aliphatic rings. The van der Waals surface area contributed by atoms with E-state index < -0.39 is 5.92 Å². The zero-order chi connectivity index (χ0) is 7.78. The van der Waals surface area contributed by atoms with Crippen LogP contribution in [-0.4, -0.2) is 12.2 Å². The van der Waals surface area contributed by atoms with Gasteiger partial charge in [-0.15, -0.1) is 0 Å². The summed E-state index contributed by atoms with van der Waals surface area (Å²) >= 11 is 0. The summed E-state index contributed by atoms with van der Waals surface area (Å²) in [7, 11) is 0. The van der Waals surface area contributed by atoms with Crippen molar-refractivity contribution < 1.29 is 13.6 Å². The molecule has 1 aliphatic carbocycles. The van der Waals surface area contributed by atoms with Gasteiger partial charge < -0.3 is 4.79 Å². The van der Waals surface area contributed by atoms with Crippen LogP contribution in [-0.2, 0) is 4.79 Å². The lowest BCUT2D eigenvalue weighted by molar-refractivity contribution is -0.134. The molecule has 0 spiro atoms. The largest absolute Gasteiger partial charge is 0.303 e. The summed E-state index contributed by atoms with van der Waals surface area (Å²) in [6, 6.07) is 0.